The minimum absolute atomic E-state index is 0.0784. The number of aromatic nitrogens is 2. The van der Waals surface area contributed by atoms with Gasteiger partial charge >= 0.3 is 0 Å². The van der Waals surface area contributed by atoms with Gasteiger partial charge in [0.1, 0.15) is 0 Å². The molecule has 0 aliphatic carbocycles. The molecule has 0 fully saturated rings. The predicted octanol–water partition coefficient (Wildman–Crippen LogP) is 3.89. The monoisotopic (exact) mass is 319 g/mol. The summed E-state index contributed by atoms with van der Waals surface area (Å²) in [6.45, 7) is 3.92. The zero-order valence-corrected chi connectivity index (χ0v) is 14.2. The molecule has 0 saturated carbocycles. The van der Waals surface area contributed by atoms with Crippen molar-refractivity contribution in [1.82, 2.24) is 15.1 Å². The van der Waals surface area contributed by atoms with Crippen molar-refractivity contribution < 1.29 is 4.79 Å². The van der Waals surface area contributed by atoms with E-state index >= 15 is 0 Å². The first-order chi connectivity index (χ1) is 11.5. The summed E-state index contributed by atoms with van der Waals surface area (Å²) in [6, 6.07) is 17.7. The summed E-state index contributed by atoms with van der Waals surface area (Å²) < 4.78 is 1.77. The molecule has 1 aromatic heterocycles. The topological polar surface area (TPSA) is 46.9 Å². The number of amides is 1. The van der Waals surface area contributed by atoms with E-state index in [9.17, 15) is 4.79 Å². The van der Waals surface area contributed by atoms with Crippen LogP contribution in [0, 0.1) is 6.92 Å². The third kappa shape index (κ3) is 3.38. The van der Waals surface area contributed by atoms with Crippen molar-refractivity contribution in [3.8, 4) is 11.1 Å². The van der Waals surface area contributed by atoms with E-state index in [1.165, 1.54) is 0 Å². The Morgan fingerprint density at radius 3 is 2.25 bits per heavy atom. The van der Waals surface area contributed by atoms with Crippen LogP contribution >= 0.6 is 0 Å². The SMILES string of the molecule is Cc1nn(C)cc1C(C)NC(=O)c1ccc(-c2ccccc2)cc1. The van der Waals surface area contributed by atoms with Crippen molar-refractivity contribution in [2.24, 2.45) is 7.05 Å². The van der Waals surface area contributed by atoms with Gasteiger partial charge in [-0.25, -0.2) is 0 Å². The zero-order chi connectivity index (χ0) is 17.1. The van der Waals surface area contributed by atoms with Crippen LogP contribution in [-0.4, -0.2) is 15.7 Å². The van der Waals surface area contributed by atoms with E-state index in [0.29, 0.717) is 5.56 Å². The van der Waals surface area contributed by atoms with E-state index in [4.69, 9.17) is 0 Å². The highest BCUT2D eigenvalue weighted by atomic mass is 16.1. The molecule has 1 unspecified atom stereocenters. The standard InChI is InChI=1S/C20H21N3O/c1-14(19-13-23(3)22-15(19)2)21-20(24)18-11-9-17(10-12-18)16-7-5-4-6-8-16/h4-14H,1-3H3,(H,21,24). The lowest BCUT2D eigenvalue weighted by Gasteiger charge is -2.13. The van der Waals surface area contributed by atoms with Crippen LogP contribution in [0.5, 0.6) is 0 Å². The van der Waals surface area contributed by atoms with Gasteiger partial charge in [-0.1, -0.05) is 42.5 Å². The molecule has 0 saturated heterocycles. The summed E-state index contributed by atoms with van der Waals surface area (Å²) in [7, 11) is 1.88. The number of hydrogen-bond donors (Lipinski definition) is 1. The van der Waals surface area contributed by atoms with Gasteiger partial charge in [0.2, 0.25) is 0 Å². The molecule has 122 valence electrons. The van der Waals surface area contributed by atoms with Gasteiger partial charge in [-0.05, 0) is 37.1 Å². The van der Waals surface area contributed by atoms with Crippen LogP contribution < -0.4 is 5.32 Å². The number of aryl methyl sites for hydroxylation is 2. The second kappa shape index (κ2) is 6.71. The third-order valence-electron chi connectivity index (χ3n) is 4.12. The van der Waals surface area contributed by atoms with Crippen LogP contribution in [0.25, 0.3) is 11.1 Å². The molecule has 1 heterocycles. The lowest BCUT2D eigenvalue weighted by Crippen LogP contribution is -2.26. The number of nitrogens with zero attached hydrogens (tertiary/aromatic N) is 2. The van der Waals surface area contributed by atoms with Crippen LogP contribution in [0.2, 0.25) is 0 Å². The predicted molar refractivity (Wildman–Crippen MR) is 95.7 cm³/mol. The molecule has 3 aromatic rings. The number of carbonyl (C=O) groups is 1. The molecule has 1 amide bonds. The Morgan fingerprint density at radius 2 is 1.67 bits per heavy atom. The Balaban J connectivity index is 1.72. The van der Waals surface area contributed by atoms with Crippen LogP contribution in [-0.2, 0) is 7.05 Å². The quantitative estimate of drug-likeness (QED) is 0.793. The highest BCUT2D eigenvalue weighted by Gasteiger charge is 2.15. The van der Waals surface area contributed by atoms with Gasteiger partial charge in [0.25, 0.3) is 5.91 Å². The summed E-state index contributed by atoms with van der Waals surface area (Å²) in [5, 5.41) is 7.36. The summed E-state index contributed by atoms with van der Waals surface area (Å²) in [5.74, 6) is -0.0784. The van der Waals surface area contributed by atoms with E-state index in [1.54, 1.807) is 4.68 Å². The molecule has 0 radical (unpaired) electrons. The van der Waals surface area contributed by atoms with E-state index in [1.807, 2.05) is 69.6 Å². The summed E-state index contributed by atoms with van der Waals surface area (Å²) >= 11 is 0. The molecule has 0 aliphatic rings. The van der Waals surface area contributed by atoms with Crippen molar-refractivity contribution in [2.45, 2.75) is 19.9 Å². The first-order valence-corrected chi connectivity index (χ1v) is 8.01. The fourth-order valence-electron chi connectivity index (χ4n) is 2.85. The molecule has 4 heteroatoms. The maximum atomic E-state index is 12.5. The van der Waals surface area contributed by atoms with E-state index < -0.39 is 0 Å². The van der Waals surface area contributed by atoms with Gasteiger partial charge in [0.15, 0.2) is 0 Å². The van der Waals surface area contributed by atoms with Crippen LogP contribution in [0.1, 0.15) is 34.6 Å². The summed E-state index contributed by atoms with van der Waals surface area (Å²) in [5.41, 5.74) is 4.87. The molecule has 4 nitrogen and oxygen atoms in total. The first kappa shape index (κ1) is 16.0. The number of benzene rings is 2. The lowest BCUT2D eigenvalue weighted by molar-refractivity contribution is 0.0940. The first-order valence-electron chi connectivity index (χ1n) is 8.01. The minimum Gasteiger partial charge on any atom is -0.345 e. The molecule has 3 rings (SSSR count). The molecule has 24 heavy (non-hydrogen) atoms. The fraction of sp³-hybridized carbons (Fsp3) is 0.200. The molecule has 2 aromatic carbocycles. The second-order valence-corrected chi connectivity index (χ2v) is 5.98. The fourth-order valence-corrected chi connectivity index (χ4v) is 2.85. The molecular formula is C20H21N3O. The average Bonchev–Trinajstić information content (AvgIpc) is 2.94. The molecule has 1 atom stereocenters. The van der Waals surface area contributed by atoms with Gasteiger partial charge in [0, 0.05) is 24.4 Å². The van der Waals surface area contributed by atoms with Crippen molar-refractivity contribution in [1.29, 1.82) is 0 Å². The normalized spacial score (nSPS) is 12.0. The molecular weight excluding hydrogens is 298 g/mol. The van der Waals surface area contributed by atoms with E-state index in [2.05, 4.69) is 22.5 Å². The number of nitrogens with one attached hydrogen (secondary N) is 1. The van der Waals surface area contributed by atoms with Gasteiger partial charge in [0.05, 0.1) is 11.7 Å². The Bertz CT molecular complexity index is 835. The van der Waals surface area contributed by atoms with E-state index in [0.717, 1.165) is 22.4 Å². The summed E-state index contributed by atoms with van der Waals surface area (Å²) in [6.07, 6.45) is 1.94. The molecule has 0 aliphatic heterocycles. The zero-order valence-electron chi connectivity index (χ0n) is 14.2. The Kier molecular flexibility index (Phi) is 4.47. The van der Waals surface area contributed by atoms with Gasteiger partial charge in [-0.3, -0.25) is 9.48 Å². The maximum absolute atomic E-state index is 12.5. The maximum Gasteiger partial charge on any atom is 0.251 e. The lowest BCUT2D eigenvalue weighted by atomic mass is 10.0. The van der Waals surface area contributed by atoms with Gasteiger partial charge < -0.3 is 5.32 Å². The smallest absolute Gasteiger partial charge is 0.251 e. The van der Waals surface area contributed by atoms with Crippen molar-refractivity contribution >= 4 is 5.91 Å². The van der Waals surface area contributed by atoms with Crippen molar-refractivity contribution in [3.05, 3.63) is 77.6 Å². The molecule has 0 spiro atoms. The number of hydrogen-bond acceptors (Lipinski definition) is 2. The van der Waals surface area contributed by atoms with Crippen molar-refractivity contribution in [3.63, 3.8) is 0 Å². The largest absolute Gasteiger partial charge is 0.345 e. The second-order valence-electron chi connectivity index (χ2n) is 5.98. The van der Waals surface area contributed by atoms with Gasteiger partial charge in [-0.15, -0.1) is 0 Å². The highest BCUT2D eigenvalue weighted by Crippen LogP contribution is 2.20. The van der Waals surface area contributed by atoms with Crippen LogP contribution in [0.15, 0.2) is 60.8 Å². The minimum atomic E-state index is -0.0833. The Hall–Kier alpha value is -2.88. The van der Waals surface area contributed by atoms with Crippen LogP contribution in [0.3, 0.4) is 0 Å². The van der Waals surface area contributed by atoms with Crippen molar-refractivity contribution in [2.75, 3.05) is 0 Å². The third-order valence-corrected chi connectivity index (χ3v) is 4.12. The Labute approximate surface area is 142 Å². The average molecular weight is 319 g/mol. The number of carbonyl (C=O) groups excluding carboxylic acids is 1. The number of rotatable bonds is 4. The van der Waals surface area contributed by atoms with Crippen LogP contribution in [0.4, 0.5) is 0 Å². The molecule has 0 bridgehead atoms. The highest BCUT2D eigenvalue weighted by molar-refractivity contribution is 5.94. The van der Waals surface area contributed by atoms with E-state index in [-0.39, 0.29) is 11.9 Å². The summed E-state index contributed by atoms with van der Waals surface area (Å²) in [4.78, 5) is 12.5. The van der Waals surface area contributed by atoms with Gasteiger partial charge in [-0.2, -0.15) is 5.10 Å². The Morgan fingerprint density at radius 1 is 1.04 bits per heavy atom. The molecule has 1 N–H and O–H groups in total.